The van der Waals surface area contributed by atoms with Gasteiger partial charge in [-0.25, -0.2) is 0 Å². The van der Waals surface area contributed by atoms with Crippen molar-refractivity contribution in [3.8, 4) is 6.07 Å². The Labute approximate surface area is 133 Å². The van der Waals surface area contributed by atoms with Crippen LogP contribution in [0.15, 0.2) is 18.3 Å². The van der Waals surface area contributed by atoms with Gasteiger partial charge in [-0.15, -0.1) is 11.3 Å². The Morgan fingerprint density at radius 2 is 1.95 bits per heavy atom. The first-order chi connectivity index (χ1) is 10.2. The van der Waals surface area contributed by atoms with Crippen molar-refractivity contribution in [1.29, 1.82) is 5.26 Å². The zero-order chi connectivity index (χ0) is 16.1. The molecule has 0 aliphatic carbocycles. The molecule has 2 aromatic heterocycles. The molecule has 114 valence electrons. The first-order valence-corrected chi connectivity index (χ1v) is 7.88. The van der Waals surface area contributed by atoms with Crippen molar-refractivity contribution in [1.82, 2.24) is 4.98 Å². The number of pyridine rings is 1. The van der Waals surface area contributed by atoms with Crippen molar-refractivity contribution >= 4 is 34.1 Å². The van der Waals surface area contributed by atoms with Crippen molar-refractivity contribution in [2.75, 3.05) is 0 Å². The SMILES string of the molecule is CC1(C)OB(c2ccnc3cc(C(O)C#N)sc23)OC1(C)C. The van der Waals surface area contributed by atoms with E-state index in [1.165, 1.54) is 11.3 Å². The number of fused-ring (bicyclic) bond motifs is 1. The van der Waals surface area contributed by atoms with Crippen LogP contribution in [0.5, 0.6) is 0 Å². The molecule has 0 bridgehead atoms. The summed E-state index contributed by atoms with van der Waals surface area (Å²) in [6.45, 7) is 8.02. The van der Waals surface area contributed by atoms with Crippen LogP contribution >= 0.6 is 11.3 Å². The maximum absolute atomic E-state index is 9.71. The standard InChI is InChI=1S/C15H17BN2O3S/c1-14(2)15(3,4)21-16(20-14)9-5-6-18-10-7-12(11(19)8-17)22-13(9)10/h5-7,11,19H,1-4H3. The zero-order valence-corrected chi connectivity index (χ0v) is 13.8. The van der Waals surface area contributed by atoms with E-state index < -0.39 is 24.4 Å². The van der Waals surface area contributed by atoms with E-state index in [1.54, 1.807) is 12.3 Å². The lowest BCUT2D eigenvalue weighted by Crippen LogP contribution is -2.41. The summed E-state index contributed by atoms with van der Waals surface area (Å²) in [4.78, 5) is 4.88. The highest BCUT2D eigenvalue weighted by atomic mass is 32.1. The second-order valence-corrected chi connectivity index (χ2v) is 7.47. The van der Waals surface area contributed by atoms with Gasteiger partial charge in [-0.2, -0.15) is 5.26 Å². The monoisotopic (exact) mass is 316 g/mol. The Morgan fingerprint density at radius 3 is 2.55 bits per heavy atom. The first-order valence-electron chi connectivity index (χ1n) is 7.07. The van der Waals surface area contributed by atoms with E-state index >= 15 is 0 Å². The fourth-order valence-corrected chi connectivity index (χ4v) is 3.40. The lowest BCUT2D eigenvalue weighted by Gasteiger charge is -2.32. The molecule has 0 saturated carbocycles. The minimum atomic E-state index is -1.13. The predicted molar refractivity (Wildman–Crippen MR) is 85.9 cm³/mol. The number of nitrogens with zero attached hydrogens (tertiary/aromatic N) is 2. The molecule has 7 heteroatoms. The molecule has 22 heavy (non-hydrogen) atoms. The second kappa shape index (κ2) is 5.03. The summed E-state index contributed by atoms with van der Waals surface area (Å²) in [7, 11) is -0.485. The van der Waals surface area contributed by atoms with Crippen LogP contribution in [0.25, 0.3) is 10.2 Å². The lowest BCUT2D eigenvalue weighted by atomic mass is 9.79. The Balaban J connectivity index is 2.06. The summed E-state index contributed by atoms with van der Waals surface area (Å²) < 4.78 is 13.0. The second-order valence-electron chi connectivity index (χ2n) is 6.38. The number of rotatable bonds is 2. The highest BCUT2D eigenvalue weighted by Crippen LogP contribution is 2.37. The maximum Gasteiger partial charge on any atom is 0.496 e. The van der Waals surface area contributed by atoms with Gasteiger partial charge in [0, 0.05) is 11.7 Å². The molecule has 1 N–H and O–H groups in total. The third kappa shape index (κ3) is 2.33. The van der Waals surface area contributed by atoms with E-state index in [9.17, 15) is 5.11 Å². The largest absolute Gasteiger partial charge is 0.496 e. The molecular formula is C15H17BN2O3S. The number of nitriles is 1. The molecule has 1 aliphatic rings. The number of hydrogen-bond donors (Lipinski definition) is 1. The number of aliphatic hydroxyl groups excluding tert-OH is 1. The molecule has 0 aromatic carbocycles. The van der Waals surface area contributed by atoms with E-state index in [4.69, 9.17) is 14.6 Å². The van der Waals surface area contributed by atoms with Gasteiger partial charge in [0.1, 0.15) is 0 Å². The molecule has 2 aromatic rings. The minimum Gasteiger partial charge on any atom is -0.399 e. The zero-order valence-electron chi connectivity index (χ0n) is 13.0. The molecule has 0 radical (unpaired) electrons. The summed E-state index contributed by atoms with van der Waals surface area (Å²) in [5, 5.41) is 18.6. The van der Waals surface area contributed by atoms with Gasteiger partial charge in [-0.3, -0.25) is 4.98 Å². The smallest absolute Gasteiger partial charge is 0.399 e. The molecule has 1 saturated heterocycles. The Morgan fingerprint density at radius 1 is 1.32 bits per heavy atom. The van der Waals surface area contributed by atoms with Gasteiger partial charge < -0.3 is 14.4 Å². The van der Waals surface area contributed by atoms with Gasteiger partial charge in [0.25, 0.3) is 0 Å². The van der Waals surface area contributed by atoms with Crippen LogP contribution in [0.4, 0.5) is 0 Å². The van der Waals surface area contributed by atoms with E-state index in [1.807, 2.05) is 39.8 Å². The topological polar surface area (TPSA) is 75.4 Å². The van der Waals surface area contributed by atoms with Gasteiger partial charge in [0.2, 0.25) is 0 Å². The van der Waals surface area contributed by atoms with E-state index in [0.717, 1.165) is 15.7 Å². The fourth-order valence-electron chi connectivity index (χ4n) is 2.33. The van der Waals surface area contributed by atoms with Crippen molar-refractivity contribution < 1.29 is 14.4 Å². The molecule has 0 amide bonds. The van der Waals surface area contributed by atoms with Gasteiger partial charge in [0.05, 0.1) is 32.4 Å². The summed E-state index contributed by atoms with van der Waals surface area (Å²) in [5.74, 6) is 0. The van der Waals surface area contributed by atoms with Crippen LogP contribution in [-0.2, 0) is 9.31 Å². The molecule has 5 nitrogen and oxygen atoms in total. The Hall–Kier alpha value is -1.46. The molecule has 1 atom stereocenters. The minimum absolute atomic E-state index is 0.417. The predicted octanol–water partition coefficient (Wildman–Crippen LogP) is 2.15. The van der Waals surface area contributed by atoms with Gasteiger partial charge in [-0.05, 0) is 39.8 Å². The van der Waals surface area contributed by atoms with Crippen LogP contribution in [0, 0.1) is 11.3 Å². The summed E-state index contributed by atoms with van der Waals surface area (Å²) in [6, 6.07) is 5.44. The van der Waals surface area contributed by atoms with E-state index in [0.29, 0.717) is 4.88 Å². The van der Waals surface area contributed by atoms with Crippen LogP contribution < -0.4 is 5.46 Å². The average molecular weight is 316 g/mol. The van der Waals surface area contributed by atoms with Crippen LogP contribution in [0.2, 0.25) is 0 Å². The third-order valence-corrected chi connectivity index (χ3v) is 5.59. The molecule has 0 spiro atoms. The highest BCUT2D eigenvalue weighted by molar-refractivity contribution is 7.20. The maximum atomic E-state index is 9.71. The third-order valence-electron chi connectivity index (χ3n) is 4.36. The lowest BCUT2D eigenvalue weighted by molar-refractivity contribution is 0.00578. The van der Waals surface area contributed by atoms with Crippen molar-refractivity contribution in [3.63, 3.8) is 0 Å². The number of thiophene rings is 1. The fraction of sp³-hybridized carbons (Fsp3) is 0.467. The van der Waals surface area contributed by atoms with Gasteiger partial charge >= 0.3 is 7.12 Å². The summed E-state index contributed by atoms with van der Waals surface area (Å²) >= 11 is 1.35. The average Bonchev–Trinajstić information content (AvgIpc) is 2.96. The molecule has 1 fully saturated rings. The number of aliphatic hydroxyl groups is 1. The quantitative estimate of drug-likeness (QED) is 0.679. The first kappa shape index (κ1) is 15.4. The number of aromatic nitrogens is 1. The summed E-state index contributed by atoms with van der Waals surface area (Å²) in [6.07, 6.45) is 0.558. The molecular weight excluding hydrogens is 299 g/mol. The van der Waals surface area contributed by atoms with Crippen molar-refractivity contribution in [3.05, 3.63) is 23.2 Å². The highest BCUT2D eigenvalue weighted by Gasteiger charge is 2.52. The van der Waals surface area contributed by atoms with Crippen molar-refractivity contribution in [2.24, 2.45) is 0 Å². The Bertz CT molecular complexity index is 750. The summed E-state index contributed by atoms with van der Waals surface area (Å²) in [5.41, 5.74) is 0.783. The Kier molecular flexibility index (Phi) is 3.53. The molecule has 1 aliphatic heterocycles. The van der Waals surface area contributed by atoms with E-state index in [2.05, 4.69) is 4.98 Å². The normalized spacial score (nSPS) is 21.0. The van der Waals surface area contributed by atoms with Crippen molar-refractivity contribution in [2.45, 2.75) is 45.0 Å². The molecule has 3 heterocycles. The van der Waals surface area contributed by atoms with Crippen LogP contribution in [-0.4, -0.2) is 28.4 Å². The van der Waals surface area contributed by atoms with Crippen LogP contribution in [0.3, 0.4) is 0 Å². The van der Waals surface area contributed by atoms with Gasteiger partial charge in [0.15, 0.2) is 6.10 Å². The van der Waals surface area contributed by atoms with Crippen LogP contribution in [0.1, 0.15) is 38.7 Å². The van der Waals surface area contributed by atoms with E-state index in [-0.39, 0.29) is 0 Å². The molecule has 1 unspecified atom stereocenters. The molecule has 3 rings (SSSR count). The van der Waals surface area contributed by atoms with Gasteiger partial charge in [-0.1, -0.05) is 0 Å². The number of hydrogen-bond acceptors (Lipinski definition) is 6.